The van der Waals surface area contributed by atoms with Crippen molar-refractivity contribution >= 4 is 5.96 Å². The fraction of sp³-hybridized carbons (Fsp3) is 0.235. The highest BCUT2D eigenvalue weighted by atomic mass is 19.1. The molecule has 0 saturated heterocycles. The van der Waals surface area contributed by atoms with Crippen molar-refractivity contribution in [3.05, 3.63) is 71.0 Å². The molecule has 6 heteroatoms. The molecule has 2 aromatic rings. The quantitative estimate of drug-likeness (QED) is 0.654. The van der Waals surface area contributed by atoms with Crippen LogP contribution in [0.2, 0.25) is 0 Å². The molecule has 122 valence electrons. The third-order valence-electron chi connectivity index (χ3n) is 3.13. The molecule has 0 heterocycles. The Labute approximate surface area is 133 Å². The summed E-state index contributed by atoms with van der Waals surface area (Å²) in [6, 6.07) is 9.34. The van der Waals surface area contributed by atoms with E-state index in [1.54, 1.807) is 12.1 Å². The average molecular weight is 321 g/mol. The summed E-state index contributed by atoms with van der Waals surface area (Å²) in [5.74, 6) is -0.797. The molecule has 0 fully saturated rings. The number of nitrogens with zero attached hydrogens (tertiary/aromatic N) is 1. The number of nitrogens with one attached hydrogen (secondary N) is 2. The first-order valence-corrected chi connectivity index (χ1v) is 7.29. The predicted molar refractivity (Wildman–Crippen MR) is 84.4 cm³/mol. The molecule has 0 amide bonds. The van der Waals surface area contributed by atoms with E-state index in [1.165, 1.54) is 12.1 Å². The van der Waals surface area contributed by atoms with Gasteiger partial charge in [0.05, 0.1) is 6.54 Å². The Balaban J connectivity index is 2.01. The van der Waals surface area contributed by atoms with E-state index in [0.717, 1.165) is 23.8 Å². The molecule has 2 rings (SSSR count). The highest BCUT2D eigenvalue weighted by molar-refractivity contribution is 5.79. The first kappa shape index (κ1) is 16.9. The van der Waals surface area contributed by atoms with Gasteiger partial charge in [0.1, 0.15) is 17.5 Å². The molecular formula is C17H18F3N3. The van der Waals surface area contributed by atoms with E-state index in [0.29, 0.717) is 19.0 Å². The van der Waals surface area contributed by atoms with Crippen molar-refractivity contribution in [2.24, 2.45) is 4.99 Å². The normalized spacial score (nSPS) is 11.4. The maximum atomic E-state index is 13.6. The van der Waals surface area contributed by atoms with E-state index in [-0.39, 0.29) is 17.9 Å². The predicted octanol–water partition coefficient (Wildman–Crippen LogP) is 3.36. The van der Waals surface area contributed by atoms with Gasteiger partial charge in [0.25, 0.3) is 0 Å². The monoisotopic (exact) mass is 321 g/mol. The molecule has 0 unspecified atom stereocenters. The van der Waals surface area contributed by atoms with Crippen LogP contribution < -0.4 is 10.6 Å². The maximum absolute atomic E-state index is 13.6. The summed E-state index contributed by atoms with van der Waals surface area (Å²) < 4.78 is 39.6. The lowest BCUT2D eigenvalue weighted by molar-refractivity contribution is 0.581. The highest BCUT2D eigenvalue weighted by Crippen LogP contribution is 2.09. The summed E-state index contributed by atoms with van der Waals surface area (Å²) in [5.41, 5.74) is 1.07. The largest absolute Gasteiger partial charge is 0.357 e. The van der Waals surface area contributed by atoms with Crippen LogP contribution in [0.3, 0.4) is 0 Å². The highest BCUT2D eigenvalue weighted by Gasteiger charge is 2.05. The summed E-state index contributed by atoms with van der Waals surface area (Å²) >= 11 is 0. The Bertz CT molecular complexity index is 669. The molecule has 0 bridgehead atoms. The second kappa shape index (κ2) is 8.22. The topological polar surface area (TPSA) is 36.4 Å². The number of benzene rings is 2. The first-order valence-electron chi connectivity index (χ1n) is 7.29. The minimum Gasteiger partial charge on any atom is -0.357 e. The molecule has 2 aromatic carbocycles. The Morgan fingerprint density at radius 1 is 0.957 bits per heavy atom. The molecule has 23 heavy (non-hydrogen) atoms. The lowest BCUT2D eigenvalue weighted by Crippen LogP contribution is -2.37. The van der Waals surface area contributed by atoms with Crippen molar-refractivity contribution in [2.45, 2.75) is 20.0 Å². The van der Waals surface area contributed by atoms with E-state index < -0.39 is 11.6 Å². The van der Waals surface area contributed by atoms with Gasteiger partial charge in [0.2, 0.25) is 0 Å². The van der Waals surface area contributed by atoms with Crippen LogP contribution in [-0.4, -0.2) is 12.5 Å². The zero-order valence-electron chi connectivity index (χ0n) is 12.7. The van der Waals surface area contributed by atoms with Crippen molar-refractivity contribution in [1.29, 1.82) is 0 Å². The van der Waals surface area contributed by atoms with Crippen molar-refractivity contribution in [3.63, 3.8) is 0 Å². The van der Waals surface area contributed by atoms with E-state index >= 15 is 0 Å². The van der Waals surface area contributed by atoms with E-state index in [1.807, 2.05) is 6.92 Å². The Morgan fingerprint density at radius 3 is 2.35 bits per heavy atom. The SMILES string of the molecule is CCNC(=NCc1ccc(F)cc1)NCc1cc(F)ccc1F. The van der Waals surface area contributed by atoms with E-state index in [4.69, 9.17) is 0 Å². The van der Waals surface area contributed by atoms with Crippen LogP contribution in [0.1, 0.15) is 18.1 Å². The molecule has 0 aliphatic rings. The number of halogens is 3. The van der Waals surface area contributed by atoms with Gasteiger partial charge in [-0.1, -0.05) is 12.1 Å². The molecule has 0 radical (unpaired) electrons. The average Bonchev–Trinajstić information content (AvgIpc) is 2.54. The molecule has 2 N–H and O–H groups in total. The van der Waals surface area contributed by atoms with Gasteiger partial charge in [-0.05, 0) is 42.8 Å². The number of rotatable bonds is 5. The Morgan fingerprint density at radius 2 is 1.65 bits per heavy atom. The maximum Gasteiger partial charge on any atom is 0.191 e. The summed E-state index contributed by atoms with van der Waals surface area (Å²) in [7, 11) is 0. The lowest BCUT2D eigenvalue weighted by atomic mass is 10.2. The van der Waals surface area contributed by atoms with Crippen LogP contribution in [0.25, 0.3) is 0 Å². The lowest BCUT2D eigenvalue weighted by Gasteiger charge is -2.12. The smallest absolute Gasteiger partial charge is 0.191 e. The van der Waals surface area contributed by atoms with E-state index in [9.17, 15) is 13.2 Å². The third kappa shape index (κ3) is 5.32. The summed E-state index contributed by atoms with van der Waals surface area (Å²) in [6.07, 6.45) is 0. The zero-order chi connectivity index (χ0) is 16.7. The molecule has 0 aliphatic heterocycles. The minimum atomic E-state index is -0.489. The van der Waals surface area contributed by atoms with Gasteiger partial charge in [-0.25, -0.2) is 18.2 Å². The molecular weight excluding hydrogens is 303 g/mol. The molecule has 0 spiro atoms. The molecule has 0 atom stereocenters. The number of hydrogen-bond donors (Lipinski definition) is 2. The molecule has 0 saturated carbocycles. The van der Waals surface area contributed by atoms with Gasteiger partial charge < -0.3 is 10.6 Å². The van der Waals surface area contributed by atoms with Crippen LogP contribution in [0, 0.1) is 17.5 Å². The third-order valence-corrected chi connectivity index (χ3v) is 3.13. The standard InChI is InChI=1S/C17H18F3N3/c1-2-21-17(22-10-12-3-5-14(18)6-4-12)23-11-13-9-15(19)7-8-16(13)20/h3-9H,2,10-11H2,1H3,(H2,21,22,23). The van der Waals surface area contributed by atoms with Crippen LogP contribution in [-0.2, 0) is 13.1 Å². The van der Waals surface area contributed by atoms with Gasteiger partial charge in [-0.15, -0.1) is 0 Å². The molecule has 0 aliphatic carbocycles. The minimum absolute atomic E-state index is 0.110. The number of aliphatic imine (C=N–C) groups is 1. The van der Waals surface area contributed by atoms with Gasteiger partial charge in [-0.3, -0.25) is 0 Å². The number of guanidine groups is 1. The van der Waals surface area contributed by atoms with Gasteiger partial charge in [-0.2, -0.15) is 0 Å². The molecule has 0 aromatic heterocycles. The number of hydrogen-bond acceptors (Lipinski definition) is 1. The first-order chi connectivity index (χ1) is 11.1. The fourth-order valence-corrected chi connectivity index (χ4v) is 1.96. The Kier molecular flexibility index (Phi) is 6.02. The second-order valence-electron chi connectivity index (χ2n) is 4.91. The second-order valence-corrected chi connectivity index (χ2v) is 4.91. The van der Waals surface area contributed by atoms with Crippen LogP contribution in [0.4, 0.5) is 13.2 Å². The van der Waals surface area contributed by atoms with Crippen LogP contribution in [0.15, 0.2) is 47.5 Å². The van der Waals surface area contributed by atoms with Crippen LogP contribution >= 0.6 is 0 Å². The fourth-order valence-electron chi connectivity index (χ4n) is 1.96. The van der Waals surface area contributed by atoms with Crippen LogP contribution in [0.5, 0.6) is 0 Å². The summed E-state index contributed by atoms with van der Waals surface area (Å²) in [5, 5.41) is 5.96. The van der Waals surface area contributed by atoms with Crippen molar-refractivity contribution in [2.75, 3.05) is 6.54 Å². The zero-order valence-corrected chi connectivity index (χ0v) is 12.7. The van der Waals surface area contributed by atoms with Crippen molar-refractivity contribution < 1.29 is 13.2 Å². The molecule has 3 nitrogen and oxygen atoms in total. The summed E-state index contributed by atoms with van der Waals surface area (Å²) in [6.45, 7) is 2.98. The summed E-state index contributed by atoms with van der Waals surface area (Å²) in [4.78, 5) is 4.34. The van der Waals surface area contributed by atoms with Gasteiger partial charge in [0.15, 0.2) is 5.96 Å². The van der Waals surface area contributed by atoms with Crippen molar-refractivity contribution in [3.8, 4) is 0 Å². The Hall–Kier alpha value is -2.50. The van der Waals surface area contributed by atoms with E-state index in [2.05, 4.69) is 15.6 Å². The van der Waals surface area contributed by atoms with Crippen molar-refractivity contribution in [1.82, 2.24) is 10.6 Å². The van der Waals surface area contributed by atoms with Gasteiger partial charge >= 0.3 is 0 Å². The van der Waals surface area contributed by atoms with Gasteiger partial charge in [0, 0.05) is 18.7 Å².